The first-order valence-electron chi connectivity index (χ1n) is 3.99. The van der Waals surface area contributed by atoms with Crippen LogP contribution in [0.5, 0.6) is 0 Å². The zero-order valence-electron chi connectivity index (χ0n) is 7.76. The highest BCUT2D eigenvalue weighted by Crippen LogP contribution is 2.02. The lowest BCUT2D eigenvalue weighted by molar-refractivity contribution is 0.0587. The Morgan fingerprint density at radius 2 is 2.36 bits per heavy atom. The number of fused-ring (bicyclic) bond motifs is 1. The SMILES string of the molecule is COC(=O)c1nc2nccc(C)n2n1. The minimum Gasteiger partial charge on any atom is -0.463 e. The number of methoxy groups -OCH3 is 1. The molecule has 2 aromatic rings. The van der Waals surface area contributed by atoms with E-state index >= 15 is 0 Å². The van der Waals surface area contributed by atoms with Gasteiger partial charge in [-0.2, -0.15) is 4.98 Å². The molecule has 0 bridgehead atoms. The Labute approximate surface area is 79.5 Å². The van der Waals surface area contributed by atoms with Crippen LogP contribution in [-0.4, -0.2) is 32.7 Å². The Morgan fingerprint density at radius 1 is 1.57 bits per heavy atom. The molecule has 0 aromatic carbocycles. The van der Waals surface area contributed by atoms with Crippen molar-refractivity contribution in [3.63, 3.8) is 0 Å². The van der Waals surface area contributed by atoms with Gasteiger partial charge in [0, 0.05) is 11.9 Å². The zero-order valence-corrected chi connectivity index (χ0v) is 7.76. The summed E-state index contributed by atoms with van der Waals surface area (Å²) < 4.78 is 5.99. The summed E-state index contributed by atoms with van der Waals surface area (Å²) in [6.45, 7) is 1.85. The highest BCUT2D eigenvalue weighted by atomic mass is 16.5. The largest absolute Gasteiger partial charge is 0.463 e. The minimum absolute atomic E-state index is 0.0225. The summed E-state index contributed by atoms with van der Waals surface area (Å²) in [6, 6.07) is 1.78. The zero-order chi connectivity index (χ0) is 10.1. The van der Waals surface area contributed by atoms with Gasteiger partial charge in [0.15, 0.2) is 0 Å². The second-order valence-electron chi connectivity index (χ2n) is 2.73. The van der Waals surface area contributed by atoms with Gasteiger partial charge in [0.1, 0.15) is 0 Å². The molecule has 0 spiro atoms. The summed E-state index contributed by atoms with van der Waals surface area (Å²) in [6.07, 6.45) is 1.61. The molecule has 0 N–H and O–H groups in total. The molecule has 0 saturated carbocycles. The second kappa shape index (κ2) is 3.06. The van der Waals surface area contributed by atoms with Crippen molar-refractivity contribution >= 4 is 11.7 Å². The Hall–Kier alpha value is -1.98. The molecule has 0 aliphatic heterocycles. The van der Waals surface area contributed by atoms with Gasteiger partial charge in [-0.3, -0.25) is 0 Å². The molecular formula is C8H8N4O2. The van der Waals surface area contributed by atoms with E-state index in [9.17, 15) is 4.79 Å². The molecule has 0 amide bonds. The number of aryl methyl sites for hydroxylation is 1. The van der Waals surface area contributed by atoms with Crippen LogP contribution in [0.1, 0.15) is 16.3 Å². The van der Waals surface area contributed by atoms with Gasteiger partial charge in [0.25, 0.3) is 11.6 Å². The monoisotopic (exact) mass is 192 g/mol. The van der Waals surface area contributed by atoms with Crippen LogP contribution in [0.25, 0.3) is 5.78 Å². The van der Waals surface area contributed by atoms with E-state index in [1.807, 2.05) is 6.92 Å². The molecule has 2 heterocycles. The quantitative estimate of drug-likeness (QED) is 0.604. The Kier molecular flexibility index (Phi) is 1.88. The summed E-state index contributed by atoms with van der Waals surface area (Å²) in [5, 5.41) is 3.95. The van der Waals surface area contributed by atoms with Crippen LogP contribution in [0, 0.1) is 6.92 Å². The summed E-state index contributed by atoms with van der Waals surface area (Å²) in [7, 11) is 1.29. The molecule has 2 aromatic heterocycles. The van der Waals surface area contributed by atoms with E-state index in [-0.39, 0.29) is 5.82 Å². The van der Waals surface area contributed by atoms with Crippen molar-refractivity contribution in [1.29, 1.82) is 0 Å². The molecule has 6 nitrogen and oxygen atoms in total. The average Bonchev–Trinajstić information content (AvgIpc) is 2.62. The number of carbonyl (C=O) groups excluding carboxylic acids is 1. The first-order chi connectivity index (χ1) is 6.72. The van der Waals surface area contributed by atoms with E-state index < -0.39 is 5.97 Å². The third-order valence-electron chi connectivity index (χ3n) is 1.80. The molecule has 0 unspecified atom stereocenters. The van der Waals surface area contributed by atoms with Crippen molar-refractivity contribution in [2.75, 3.05) is 7.11 Å². The minimum atomic E-state index is -0.560. The number of esters is 1. The number of ether oxygens (including phenoxy) is 1. The molecule has 6 heteroatoms. The summed E-state index contributed by atoms with van der Waals surface area (Å²) in [4.78, 5) is 19.0. The topological polar surface area (TPSA) is 69.4 Å². The van der Waals surface area contributed by atoms with E-state index in [2.05, 4.69) is 19.8 Å². The van der Waals surface area contributed by atoms with Gasteiger partial charge >= 0.3 is 5.97 Å². The smallest absolute Gasteiger partial charge is 0.378 e. The number of rotatable bonds is 1. The van der Waals surface area contributed by atoms with Gasteiger partial charge in [0.2, 0.25) is 0 Å². The van der Waals surface area contributed by atoms with Gasteiger partial charge in [-0.1, -0.05) is 0 Å². The molecule has 0 saturated heterocycles. The highest BCUT2D eigenvalue weighted by Gasteiger charge is 2.13. The van der Waals surface area contributed by atoms with Gasteiger partial charge < -0.3 is 4.74 Å². The lowest BCUT2D eigenvalue weighted by Crippen LogP contribution is -2.04. The molecule has 0 fully saturated rings. The van der Waals surface area contributed by atoms with Crippen molar-refractivity contribution in [1.82, 2.24) is 19.6 Å². The number of nitrogens with zero attached hydrogens (tertiary/aromatic N) is 4. The molecule has 0 aliphatic carbocycles. The fraction of sp³-hybridized carbons (Fsp3) is 0.250. The first kappa shape index (κ1) is 8.61. The molecule has 14 heavy (non-hydrogen) atoms. The van der Waals surface area contributed by atoms with Crippen molar-refractivity contribution in [2.24, 2.45) is 0 Å². The van der Waals surface area contributed by atoms with Crippen LogP contribution < -0.4 is 0 Å². The van der Waals surface area contributed by atoms with Gasteiger partial charge in [-0.15, -0.1) is 5.10 Å². The van der Waals surface area contributed by atoms with Gasteiger partial charge in [0.05, 0.1) is 7.11 Å². The normalized spacial score (nSPS) is 10.4. The standard InChI is InChI=1S/C8H8N4O2/c1-5-3-4-9-8-10-6(7(13)14-2)11-12(5)8/h3-4H,1-2H3. The van der Waals surface area contributed by atoms with E-state index in [4.69, 9.17) is 0 Å². The Morgan fingerprint density at radius 3 is 3.00 bits per heavy atom. The van der Waals surface area contributed by atoms with Crippen molar-refractivity contribution in [2.45, 2.75) is 6.92 Å². The fourth-order valence-electron chi connectivity index (χ4n) is 1.08. The first-order valence-corrected chi connectivity index (χ1v) is 3.99. The molecule has 0 atom stereocenters. The number of hydrogen-bond donors (Lipinski definition) is 0. The predicted octanol–water partition coefficient (Wildman–Crippen LogP) is 0.219. The average molecular weight is 192 g/mol. The number of hydrogen-bond acceptors (Lipinski definition) is 5. The van der Waals surface area contributed by atoms with Crippen molar-refractivity contribution in [3.8, 4) is 0 Å². The van der Waals surface area contributed by atoms with Gasteiger partial charge in [-0.25, -0.2) is 14.3 Å². The van der Waals surface area contributed by atoms with Crippen LogP contribution >= 0.6 is 0 Å². The van der Waals surface area contributed by atoms with Crippen LogP contribution in [0.3, 0.4) is 0 Å². The molecule has 2 rings (SSSR count). The Bertz CT molecular complexity index is 491. The van der Waals surface area contributed by atoms with Crippen molar-refractivity contribution < 1.29 is 9.53 Å². The maximum absolute atomic E-state index is 11.1. The summed E-state index contributed by atoms with van der Waals surface area (Å²) >= 11 is 0. The van der Waals surface area contributed by atoms with E-state index in [1.165, 1.54) is 11.6 Å². The lowest BCUT2D eigenvalue weighted by Gasteiger charge is -1.93. The van der Waals surface area contributed by atoms with Crippen LogP contribution in [-0.2, 0) is 4.74 Å². The third-order valence-corrected chi connectivity index (χ3v) is 1.80. The molecular weight excluding hydrogens is 184 g/mol. The lowest BCUT2D eigenvalue weighted by atomic mass is 10.5. The molecule has 0 radical (unpaired) electrons. The predicted molar refractivity (Wildman–Crippen MR) is 46.9 cm³/mol. The highest BCUT2D eigenvalue weighted by molar-refractivity contribution is 5.85. The van der Waals surface area contributed by atoms with E-state index in [0.717, 1.165) is 5.69 Å². The maximum Gasteiger partial charge on any atom is 0.378 e. The Balaban J connectivity index is 2.62. The molecule has 72 valence electrons. The number of aromatic nitrogens is 4. The van der Waals surface area contributed by atoms with Gasteiger partial charge in [-0.05, 0) is 13.0 Å². The fourth-order valence-corrected chi connectivity index (χ4v) is 1.08. The number of carbonyl (C=O) groups is 1. The van der Waals surface area contributed by atoms with E-state index in [0.29, 0.717) is 5.78 Å². The van der Waals surface area contributed by atoms with Crippen LogP contribution in [0.4, 0.5) is 0 Å². The van der Waals surface area contributed by atoms with Crippen molar-refractivity contribution in [3.05, 3.63) is 23.8 Å². The summed E-state index contributed by atoms with van der Waals surface area (Å²) in [5.41, 5.74) is 0.859. The third kappa shape index (κ3) is 1.20. The van der Waals surface area contributed by atoms with Crippen LogP contribution in [0.2, 0.25) is 0 Å². The molecule has 0 aliphatic rings. The van der Waals surface area contributed by atoms with E-state index in [1.54, 1.807) is 12.3 Å². The second-order valence-corrected chi connectivity index (χ2v) is 2.73. The van der Waals surface area contributed by atoms with Crippen LogP contribution in [0.15, 0.2) is 12.3 Å². The summed E-state index contributed by atoms with van der Waals surface area (Å²) in [5.74, 6) is -0.144. The maximum atomic E-state index is 11.1.